The highest BCUT2D eigenvalue weighted by molar-refractivity contribution is 5.87. The van der Waals surface area contributed by atoms with Crippen molar-refractivity contribution >= 4 is 5.97 Å². The van der Waals surface area contributed by atoms with Gasteiger partial charge in [-0.3, -0.25) is 0 Å². The normalized spacial score (nSPS) is 10.5. The van der Waals surface area contributed by atoms with Crippen molar-refractivity contribution in [2.45, 2.75) is 173 Å². The molecule has 3 rings (SSSR count). The van der Waals surface area contributed by atoms with Crippen molar-refractivity contribution in [2.24, 2.45) is 0 Å². The van der Waals surface area contributed by atoms with Crippen LogP contribution in [0.4, 0.5) is 0 Å². The molecule has 3 nitrogen and oxygen atoms in total. The summed E-state index contributed by atoms with van der Waals surface area (Å²) in [5.41, 5.74) is 5.96. The summed E-state index contributed by atoms with van der Waals surface area (Å²) in [6.45, 7) is 25.1. The molecule has 1 N–H and O–H groups in total. The quantitative estimate of drug-likeness (QED) is 0.186. The summed E-state index contributed by atoms with van der Waals surface area (Å²) < 4.78 is 1.20. The summed E-state index contributed by atoms with van der Waals surface area (Å²) >= 11 is 0. The first-order valence-corrected chi connectivity index (χ1v) is 15.9. The SMILES string of the molecule is C.C.C.C.C.C.C.C.C.CCC(C)c1ccc(C(=O)O)cc1.CCC(C)c1ccc(C[N+](CC)(CC)CC)cc1.CCC(C)c1ccccc1.[Br-]. The molecule has 0 radical (unpaired) electrons. The maximum Gasteiger partial charge on any atom is 0.335 e. The molecule has 0 saturated carbocycles. The molecule has 0 heterocycles. The summed E-state index contributed by atoms with van der Waals surface area (Å²) in [6.07, 6.45) is 3.52. The molecule has 0 bridgehead atoms. The minimum Gasteiger partial charge on any atom is -1.00 e. The van der Waals surface area contributed by atoms with Gasteiger partial charge in [0.25, 0.3) is 0 Å². The van der Waals surface area contributed by atoms with Crippen LogP contribution in [0.5, 0.6) is 0 Å². The number of carboxylic acids is 1. The van der Waals surface area contributed by atoms with Crippen LogP contribution in [0.2, 0.25) is 0 Å². The summed E-state index contributed by atoms with van der Waals surface area (Å²) in [5, 5.41) is 8.67. The van der Waals surface area contributed by atoms with Crippen LogP contribution < -0.4 is 17.0 Å². The van der Waals surface area contributed by atoms with E-state index in [4.69, 9.17) is 5.11 Å². The van der Waals surface area contributed by atoms with Gasteiger partial charge in [0.05, 0.1) is 25.2 Å². The average molecular weight is 785 g/mol. The molecule has 0 aliphatic rings. The van der Waals surface area contributed by atoms with Crippen molar-refractivity contribution < 1.29 is 31.4 Å². The molecule has 0 aliphatic carbocycles. The van der Waals surface area contributed by atoms with Crippen LogP contribution in [0, 0.1) is 0 Å². The molecule has 0 saturated heterocycles. The molecule has 306 valence electrons. The van der Waals surface area contributed by atoms with Gasteiger partial charge in [-0.15, -0.1) is 0 Å². The molecule has 3 aromatic rings. The maximum atomic E-state index is 10.6. The van der Waals surface area contributed by atoms with Crippen molar-refractivity contribution in [1.82, 2.24) is 0 Å². The number of carboxylic acid groups (broad SMARTS) is 1. The Labute approximate surface area is 335 Å². The third kappa shape index (κ3) is 26.1. The van der Waals surface area contributed by atoms with E-state index in [2.05, 4.69) is 117 Å². The molecule has 3 unspecified atom stereocenters. The van der Waals surface area contributed by atoms with Gasteiger partial charge in [0.15, 0.2) is 0 Å². The lowest BCUT2D eigenvalue weighted by Gasteiger charge is -2.36. The average Bonchev–Trinajstić information content (AvgIpc) is 3.03. The van der Waals surface area contributed by atoms with Gasteiger partial charge in [-0.1, -0.05) is 175 Å². The molecule has 0 fully saturated rings. The van der Waals surface area contributed by atoms with Crippen molar-refractivity contribution in [1.29, 1.82) is 0 Å². The highest BCUT2D eigenvalue weighted by Gasteiger charge is 2.21. The monoisotopic (exact) mass is 784 g/mol. The Bertz CT molecular complexity index is 1090. The van der Waals surface area contributed by atoms with Crippen LogP contribution in [0.25, 0.3) is 0 Å². The Morgan fingerprint density at radius 2 is 0.804 bits per heavy atom. The highest BCUT2D eigenvalue weighted by Crippen LogP contribution is 2.21. The standard InChI is InChI=1S/C17H30N.C11H14O2.C10H14.9CH4.BrH/c1-6-15(5)17-12-10-16(11-13-17)14-18(7-2,8-3)9-4;1-3-8(2)9-4-6-10(7-5-9)11(12)13;1-3-9(2)10-7-5-4-6-8-10;;;;;;;;;;/h10-13,15H,6-9,14H2,1-5H3;4-8H,3H2,1-2H3,(H,12,13);4-9H,3H2,1-2H3;9*1H4;1H/q+1;;;;;;;;;;;;/p-1. The Morgan fingerprint density at radius 3 is 1.08 bits per heavy atom. The first-order valence-electron chi connectivity index (χ1n) is 15.9. The molecule has 0 amide bonds. The summed E-state index contributed by atoms with van der Waals surface area (Å²) in [5.74, 6) is 1.03. The summed E-state index contributed by atoms with van der Waals surface area (Å²) in [7, 11) is 0. The van der Waals surface area contributed by atoms with Crippen LogP contribution in [0.3, 0.4) is 0 Å². The topological polar surface area (TPSA) is 37.3 Å². The molecule has 3 atom stereocenters. The number of halogens is 1. The Balaban J connectivity index is -0.0000000580. The zero-order chi connectivity index (χ0) is 30.8. The van der Waals surface area contributed by atoms with E-state index in [0.29, 0.717) is 23.3 Å². The lowest BCUT2D eigenvalue weighted by Crippen LogP contribution is -3.00. The van der Waals surface area contributed by atoms with Gasteiger partial charge in [0.2, 0.25) is 0 Å². The maximum absolute atomic E-state index is 10.6. The van der Waals surface area contributed by atoms with E-state index >= 15 is 0 Å². The number of benzene rings is 3. The van der Waals surface area contributed by atoms with Crippen LogP contribution in [-0.4, -0.2) is 35.2 Å². The molecular formula is C47H94BrNO2. The van der Waals surface area contributed by atoms with Gasteiger partial charge in [0, 0.05) is 5.56 Å². The molecule has 0 spiro atoms. The van der Waals surface area contributed by atoms with Crippen LogP contribution >= 0.6 is 0 Å². The molecule has 51 heavy (non-hydrogen) atoms. The Kier molecular flexibility index (Phi) is 58.4. The van der Waals surface area contributed by atoms with Gasteiger partial charge in [0.1, 0.15) is 6.54 Å². The van der Waals surface area contributed by atoms with Gasteiger partial charge in [-0.2, -0.15) is 0 Å². The Hall–Kier alpha value is -2.43. The molecule has 4 heteroatoms. The Morgan fingerprint density at radius 1 is 0.510 bits per heavy atom. The minimum absolute atomic E-state index is 0. The van der Waals surface area contributed by atoms with E-state index in [1.165, 1.54) is 65.8 Å². The second-order valence-electron chi connectivity index (χ2n) is 11.5. The molecular weight excluding hydrogens is 690 g/mol. The summed E-state index contributed by atoms with van der Waals surface area (Å²) in [6, 6.07) is 27.0. The summed E-state index contributed by atoms with van der Waals surface area (Å²) in [4.78, 5) is 10.6. The highest BCUT2D eigenvalue weighted by atomic mass is 79.9. The zero-order valence-electron chi connectivity index (χ0n) is 27.9. The van der Waals surface area contributed by atoms with Crippen LogP contribution in [0.15, 0.2) is 78.9 Å². The van der Waals surface area contributed by atoms with Gasteiger partial charge in [-0.25, -0.2) is 4.79 Å². The molecule has 0 aliphatic heterocycles. The second kappa shape index (κ2) is 40.3. The third-order valence-electron chi connectivity index (χ3n) is 9.01. The second-order valence-corrected chi connectivity index (χ2v) is 11.5. The largest absolute Gasteiger partial charge is 1.00 e. The van der Waals surface area contributed by atoms with Crippen LogP contribution in [-0.2, 0) is 6.54 Å². The number of quaternary nitrogens is 1. The fourth-order valence-electron chi connectivity index (χ4n) is 4.79. The van der Waals surface area contributed by atoms with Gasteiger partial charge in [-0.05, 0) is 86.6 Å². The zero-order valence-corrected chi connectivity index (χ0v) is 29.5. The van der Waals surface area contributed by atoms with Gasteiger partial charge >= 0.3 is 5.97 Å². The number of aromatic carboxylic acids is 1. The predicted molar refractivity (Wildman–Crippen MR) is 239 cm³/mol. The first-order chi connectivity index (χ1) is 19.6. The van der Waals surface area contributed by atoms with E-state index in [0.717, 1.165) is 6.42 Å². The first kappa shape index (κ1) is 73.9. The minimum atomic E-state index is -0.865. The van der Waals surface area contributed by atoms with E-state index in [9.17, 15) is 4.79 Å². The smallest absolute Gasteiger partial charge is 0.335 e. The number of rotatable bonds is 12. The van der Waals surface area contributed by atoms with Crippen molar-refractivity contribution in [3.63, 3.8) is 0 Å². The predicted octanol–water partition coefficient (Wildman–Crippen LogP) is 13.4. The molecule has 3 aromatic carbocycles. The van der Waals surface area contributed by atoms with Crippen molar-refractivity contribution in [3.05, 3.63) is 107 Å². The van der Waals surface area contributed by atoms with E-state index < -0.39 is 5.97 Å². The number of carbonyl (C=O) groups is 1. The van der Waals surface area contributed by atoms with Gasteiger partial charge < -0.3 is 26.6 Å². The lowest BCUT2D eigenvalue weighted by atomic mass is 9.97. The number of nitrogens with zero attached hydrogens (tertiary/aromatic N) is 1. The van der Waals surface area contributed by atoms with Crippen molar-refractivity contribution in [3.8, 4) is 0 Å². The molecule has 0 aromatic heterocycles. The fraction of sp³-hybridized carbons (Fsp3) is 0.596. The number of hydrogen-bond donors (Lipinski definition) is 1. The van der Waals surface area contributed by atoms with E-state index in [1.54, 1.807) is 12.1 Å². The van der Waals surface area contributed by atoms with Crippen molar-refractivity contribution in [2.75, 3.05) is 19.6 Å². The fourth-order valence-corrected chi connectivity index (χ4v) is 4.79. The third-order valence-corrected chi connectivity index (χ3v) is 9.01. The van der Waals surface area contributed by atoms with E-state index in [1.807, 2.05) is 12.1 Å². The van der Waals surface area contributed by atoms with Crippen LogP contribution in [0.1, 0.15) is 199 Å². The lowest BCUT2D eigenvalue weighted by molar-refractivity contribution is -0.936. The number of hydrogen-bond acceptors (Lipinski definition) is 1. The van der Waals surface area contributed by atoms with E-state index in [-0.39, 0.29) is 83.8 Å².